The second kappa shape index (κ2) is 38.8. The predicted molar refractivity (Wildman–Crippen MR) is 226 cm³/mol. The van der Waals surface area contributed by atoms with Gasteiger partial charge in [-0.3, -0.25) is 23.4 Å². The molecule has 11 nitrogen and oxygen atoms in total. The fourth-order valence-electron chi connectivity index (χ4n) is 5.08. The minimum Gasteiger partial charge on any atom is -0.480 e. The van der Waals surface area contributed by atoms with Gasteiger partial charge in [0.1, 0.15) is 12.6 Å². The van der Waals surface area contributed by atoms with Crippen LogP contribution < -0.4 is 5.73 Å². The van der Waals surface area contributed by atoms with E-state index < -0.39 is 51.1 Å². The Labute approximate surface area is 338 Å². The number of esters is 2. The molecule has 3 atom stereocenters. The zero-order chi connectivity index (χ0) is 41.4. The number of rotatable bonds is 38. The highest BCUT2D eigenvalue weighted by atomic mass is 31.2. The molecule has 320 valence electrons. The number of carbonyl (C=O) groups excluding carboxylic acids is 2. The molecule has 56 heavy (non-hydrogen) atoms. The van der Waals surface area contributed by atoms with Crippen LogP contribution in [-0.4, -0.2) is 59.9 Å². The van der Waals surface area contributed by atoms with Crippen LogP contribution in [0, 0.1) is 0 Å². The SMILES string of the molecule is CCCCC/C=C/C/C=C/C/C=C/CCCCCCC(=O)O[C@H](COC(=O)CCCC/C=C/C/C=C/C/C=C/CCCCC)COP(=O)(O)OC[C@H](N)C(=O)O. The molecule has 4 N–H and O–H groups in total. The number of hydrogen-bond donors (Lipinski definition) is 3. The van der Waals surface area contributed by atoms with Crippen LogP contribution in [0.2, 0.25) is 0 Å². The number of allylic oxidation sites excluding steroid dienone is 12. The van der Waals surface area contributed by atoms with E-state index in [4.69, 9.17) is 24.8 Å². The fraction of sp³-hybridized carbons (Fsp3) is 0.659. The summed E-state index contributed by atoms with van der Waals surface area (Å²) in [4.78, 5) is 45.9. The Morgan fingerprint density at radius 3 is 1.43 bits per heavy atom. The van der Waals surface area contributed by atoms with E-state index in [1.165, 1.54) is 38.5 Å². The molecule has 0 aliphatic rings. The number of nitrogens with two attached hydrogens (primary N) is 1. The monoisotopic (exact) mass is 808 g/mol. The average Bonchev–Trinajstić information content (AvgIpc) is 3.17. The summed E-state index contributed by atoms with van der Waals surface area (Å²) in [7, 11) is -4.73. The summed E-state index contributed by atoms with van der Waals surface area (Å²) >= 11 is 0. The first-order chi connectivity index (χ1) is 27.1. The lowest BCUT2D eigenvalue weighted by atomic mass is 10.1. The van der Waals surface area contributed by atoms with Crippen molar-refractivity contribution in [3.05, 3.63) is 72.9 Å². The number of aliphatic carboxylic acids is 1. The summed E-state index contributed by atoms with van der Waals surface area (Å²) in [5.74, 6) is -2.47. The third-order valence-corrected chi connectivity index (χ3v) is 9.38. The van der Waals surface area contributed by atoms with Gasteiger partial charge in [0, 0.05) is 12.8 Å². The first-order valence-corrected chi connectivity index (χ1v) is 22.5. The van der Waals surface area contributed by atoms with Crippen molar-refractivity contribution < 1.29 is 47.5 Å². The molecule has 1 unspecified atom stereocenters. The third kappa shape index (κ3) is 37.8. The third-order valence-electron chi connectivity index (χ3n) is 8.43. The van der Waals surface area contributed by atoms with Gasteiger partial charge >= 0.3 is 25.7 Å². The Bertz CT molecular complexity index is 1230. The van der Waals surface area contributed by atoms with Crippen molar-refractivity contribution in [2.45, 2.75) is 167 Å². The van der Waals surface area contributed by atoms with E-state index in [9.17, 15) is 23.8 Å². The number of phosphoric acid groups is 1. The molecular formula is C44H74NO10P. The summed E-state index contributed by atoms with van der Waals surface area (Å²) in [6.45, 7) is 2.66. The normalized spacial score (nSPS) is 14.5. The molecule has 0 amide bonds. The molecular weight excluding hydrogens is 733 g/mol. The van der Waals surface area contributed by atoms with Gasteiger partial charge in [-0.1, -0.05) is 125 Å². The van der Waals surface area contributed by atoms with Crippen LogP contribution in [0.5, 0.6) is 0 Å². The van der Waals surface area contributed by atoms with Gasteiger partial charge in [0.15, 0.2) is 6.10 Å². The van der Waals surface area contributed by atoms with Crippen molar-refractivity contribution in [3.8, 4) is 0 Å². The quantitative estimate of drug-likeness (QED) is 0.0235. The second-order valence-electron chi connectivity index (χ2n) is 13.8. The summed E-state index contributed by atoms with van der Waals surface area (Å²) in [5.41, 5.74) is 5.32. The number of ether oxygens (including phenoxy) is 2. The fourth-order valence-corrected chi connectivity index (χ4v) is 5.85. The van der Waals surface area contributed by atoms with Gasteiger partial charge in [-0.2, -0.15) is 0 Å². The summed E-state index contributed by atoms with van der Waals surface area (Å²) in [6.07, 6.45) is 45.4. The van der Waals surface area contributed by atoms with Crippen LogP contribution in [0.25, 0.3) is 0 Å². The molecule has 0 aromatic rings. The van der Waals surface area contributed by atoms with Gasteiger partial charge in [-0.05, 0) is 89.9 Å². The van der Waals surface area contributed by atoms with Gasteiger partial charge in [0.25, 0.3) is 0 Å². The van der Waals surface area contributed by atoms with E-state index in [0.717, 1.165) is 77.0 Å². The molecule has 0 aromatic carbocycles. The Morgan fingerprint density at radius 1 is 0.554 bits per heavy atom. The Kier molecular flexibility index (Phi) is 36.6. The van der Waals surface area contributed by atoms with Crippen molar-refractivity contribution in [3.63, 3.8) is 0 Å². The maximum absolute atomic E-state index is 12.6. The van der Waals surface area contributed by atoms with Gasteiger partial charge < -0.3 is 25.2 Å². The number of carboxylic acid groups (broad SMARTS) is 1. The number of carbonyl (C=O) groups is 3. The van der Waals surface area contributed by atoms with Crippen molar-refractivity contribution in [2.24, 2.45) is 5.73 Å². The van der Waals surface area contributed by atoms with E-state index in [2.05, 4.69) is 91.3 Å². The van der Waals surface area contributed by atoms with E-state index in [-0.39, 0.29) is 19.4 Å². The number of unbranched alkanes of at least 4 members (excludes halogenated alkanes) is 12. The number of hydrogen-bond acceptors (Lipinski definition) is 9. The topological polar surface area (TPSA) is 172 Å². The summed E-state index contributed by atoms with van der Waals surface area (Å²) in [6, 6.07) is -1.53. The molecule has 0 fully saturated rings. The highest BCUT2D eigenvalue weighted by molar-refractivity contribution is 7.47. The second-order valence-corrected chi connectivity index (χ2v) is 15.2. The van der Waals surface area contributed by atoms with Gasteiger partial charge in [-0.15, -0.1) is 0 Å². The molecule has 0 radical (unpaired) electrons. The van der Waals surface area contributed by atoms with Crippen molar-refractivity contribution in [2.75, 3.05) is 19.8 Å². The van der Waals surface area contributed by atoms with Crippen LogP contribution in [-0.2, 0) is 37.5 Å². The Balaban J connectivity index is 4.52. The molecule has 0 spiro atoms. The van der Waals surface area contributed by atoms with E-state index in [1.807, 2.05) is 0 Å². The highest BCUT2D eigenvalue weighted by Crippen LogP contribution is 2.43. The molecule has 0 aromatic heterocycles. The first-order valence-electron chi connectivity index (χ1n) is 21.0. The lowest BCUT2D eigenvalue weighted by Crippen LogP contribution is -2.34. The highest BCUT2D eigenvalue weighted by Gasteiger charge is 2.28. The van der Waals surface area contributed by atoms with Crippen LogP contribution in [0.1, 0.15) is 155 Å². The van der Waals surface area contributed by atoms with Crippen molar-refractivity contribution in [1.29, 1.82) is 0 Å². The van der Waals surface area contributed by atoms with E-state index in [0.29, 0.717) is 12.8 Å². The van der Waals surface area contributed by atoms with Crippen LogP contribution in [0.15, 0.2) is 72.9 Å². The molecule has 0 saturated heterocycles. The molecule has 12 heteroatoms. The maximum atomic E-state index is 12.6. The summed E-state index contributed by atoms with van der Waals surface area (Å²) < 4.78 is 32.6. The van der Waals surface area contributed by atoms with E-state index in [1.54, 1.807) is 0 Å². The van der Waals surface area contributed by atoms with Crippen molar-refractivity contribution >= 4 is 25.7 Å². The smallest absolute Gasteiger partial charge is 0.472 e. The zero-order valence-corrected chi connectivity index (χ0v) is 35.3. The van der Waals surface area contributed by atoms with Crippen LogP contribution in [0.3, 0.4) is 0 Å². The standard InChI is InChI=1S/C44H74NO10P/c1-3-5-7-9-11-13-15-17-19-20-22-24-26-28-30-32-34-36-43(47)55-40(38-53-56(50,51)54-39-41(45)44(48)49)37-52-42(46)35-33-31-29-27-25-23-21-18-16-14-12-10-8-6-4-2/h11-14,17-19,21-22,24-25,27,40-41H,3-10,15-16,20,23,26,28-39,45H2,1-2H3,(H,48,49)(H,50,51)/b13-11+,14-12+,19-17+,21-18+,24-22+,27-25+/t40-,41+/m1/s1. The Hall–Kier alpha value is -3.08. The predicted octanol–water partition coefficient (Wildman–Crippen LogP) is 10.9. The number of phosphoric ester groups is 1. The van der Waals surface area contributed by atoms with Gasteiger partial charge in [-0.25, -0.2) is 4.57 Å². The zero-order valence-electron chi connectivity index (χ0n) is 34.4. The average molecular weight is 808 g/mol. The summed E-state index contributed by atoms with van der Waals surface area (Å²) in [5, 5.41) is 8.88. The molecule has 0 bridgehead atoms. The number of carboxylic acids is 1. The first kappa shape index (κ1) is 52.9. The van der Waals surface area contributed by atoms with E-state index >= 15 is 0 Å². The minimum atomic E-state index is -4.73. The Morgan fingerprint density at radius 2 is 0.946 bits per heavy atom. The lowest BCUT2D eigenvalue weighted by molar-refractivity contribution is -0.161. The largest absolute Gasteiger partial charge is 0.480 e. The van der Waals surface area contributed by atoms with Crippen molar-refractivity contribution in [1.82, 2.24) is 0 Å². The molecule has 0 aliphatic heterocycles. The van der Waals surface area contributed by atoms with Gasteiger partial charge in [0.05, 0.1) is 13.2 Å². The minimum absolute atomic E-state index is 0.123. The lowest BCUT2D eigenvalue weighted by Gasteiger charge is -2.20. The molecule has 0 aliphatic carbocycles. The van der Waals surface area contributed by atoms with Gasteiger partial charge in [0.2, 0.25) is 0 Å². The molecule has 0 rings (SSSR count). The van der Waals surface area contributed by atoms with Crippen LogP contribution in [0.4, 0.5) is 0 Å². The maximum Gasteiger partial charge on any atom is 0.472 e. The van der Waals surface area contributed by atoms with Crippen LogP contribution >= 0.6 is 7.82 Å². The molecule has 0 saturated carbocycles. The molecule has 0 heterocycles.